The van der Waals surface area contributed by atoms with Crippen LogP contribution in [0.2, 0.25) is 0 Å². The van der Waals surface area contributed by atoms with Gasteiger partial charge in [-0.05, 0) is 85.0 Å². The lowest BCUT2D eigenvalue weighted by atomic mass is 9.49. The van der Waals surface area contributed by atoms with Crippen molar-refractivity contribution in [3.8, 4) is 5.75 Å². The Hall–Kier alpha value is -7.12. The van der Waals surface area contributed by atoms with Crippen molar-refractivity contribution in [3.63, 3.8) is 0 Å². The largest absolute Gasteiger partial charge is 0.462 e. The van der Waals surface area contributed by atoms with Crippen LogP contribution in [0.3, 0.4) is 0 Å². The standard InChI is InChI=1S/C66H94N12O25/c1-26(31-5-3-2-4-6-31)42-58(94)72-33(14-27-7-9-32(10-8-27)97-62-52(91)50(89)53(39(25-82)100-62)103-63-55-54(48(87)38(24-81)99-63)101-41(102-55)18-66-15-28-11-29(16-66)13-30(12-28)17-66)57(93)76-43(45(84)34-19-70-64(67)74-34)60(96)77-44(59(95)73-35(22-79)56(92)69-21-40(83)75-42)46(85)36-20-71-65(68)78(36)61-51(90)49(88)47(86)37(23-80)98-61/h2-10,26,28-30,33-39,41-55,61-63,79-82,84-91H,11-25H2,1H3,(H2,68,71)(H,69,92)(H,72,94)(H,73,95)(H,75,83)(H,76,93)(H,77,96)(H3,67,70,74). The summed E-state index contributed by atoms with van der Waals surface area (Å²) in [5.41, 5.74) is 0.776. The summed E-state index contributed by atoms with van der Waals surface area (Å²) < 4.78 is 43.0. The van der Waals surface area contributed by atoms with Gasteiger partial charge < -0.3 is 147 Å². The smallest absolute Gasteiger partial charge is 0.246 e. The third-order valence-electron chi connectivity index (χ3n) is 21.9. The second-order valence-corrected chi connectivity index (χ2v) is 28.9. The predicted molar refractivity (Wildman–Crippen MR) is 348 cm³/mol. The number of hydrogen-bond acceptors (Lipinski definition) is 27. The first-order chi connectivity index (χ1) is 49.3. The number of nitrogens with one attached hydrogen (secondary N) is 11. The molecule has 7 saturated heterocycles. The van der Waals surface area contributed by atoms with Gasteiger partial charge in [-0.15, -0.1) is 0 Å². The van der Waals surface area contributed by atoms with Crippen LogP contribution in [0.25, 0.3) is 0 Å². The van der Waals surface area contributed by atoms with Gasteiger partial charge in [0.05, 0.1) is 45.1 Å². The van der Waals surface area contributed by atoms with E-state index in [1.165, 1.54) is 43.5 Å². The van der Waals surface area contributed by atoms with E-state index in [-0.39, 0.29) is 29.2 Å². The van der Waals surface area contributed by atoms with Crippen molar-refractivity contribution in [3.05, 3.63) is 65.7 Å². The molecule has 13 rings (SSSR count). The molecule has 568 valence electrons. The van der Waals surface area contributed by atoms with Crippen molar-refractivity contribution >= 4 is 47.4 Å². The van der Waals surface area contributed by atoms with E-state index in [2.05, 4.69) is 47.9 Å². The first kappa shape index (κ1) is 75.6. The van der Waals surface area contributed by atoms with Crippen LogP contribution < -0.4 is 52.6 Å². The van der Waals surface area contributed by atoms with E-state index in [9.17, 15) is 80.5 Å². The summed E-state index contributed by atoms with van der Waals surface area (Å²) in [6, 6.07) is 1.14. The number of nitrogens with zero attached hydrogens (tertiary/aromatic N) is 1. The van der Waals surface area contributed by atoms with Crippen molar-refractivity contribution in [2.24, 2.45) is 23.2 Å². The lowest BCUT2D eigenvalue weighted by Gasteiger charge is -2.57. The van der Waals surface area contributed by atoms with Gasteiger partial charge in [-0.3, -0.25) is 39.6 Å². The highest BCUT2D eigenvalue weighted by atomic mass is 16.8. The number of amides is 6. The lowest BCUT2D eigenvalue weighted by molar-refractivity contribution is -0.343. The minimum absolute atomic E-state index is 0.0173. The first-order valence-electron chi connectivity index (χ1n) is 34.9. The van der Waals surface area contributed by atoms with E-state index < -0.39 is 246 Å². The third-order valence-corrected chi connectivity index (χ3v) is 21.9. The van der Waals surface area contributed by atoms with E-state index in [4.69, 9.17) is 44.0 Å². The fourth-order valence-electron chi connectivity index (χ4n) is 16.9. The van der Waals surface area contributed by atoms with Gasteiger partial charge in [0.1, 0.15) is 121 Å². The van der Waals surface area contributed by atoms with E-state index in [1.54, 1.807) is 37.3 Å². The molecule has 23 N–H and O–H groups in total. The third kappa shape index (κ3) is 16.0. The van der Waals surface area contributed by atoms with Crippen molar-refractivity contribution in [1.29, 1.82) is 10.8 Å². The van der Waals surface area contributed by atoms with Gasteiger partial charge in [0.2, 0.25) is 41.7 Å². The number of carbonyl (C=O) groups is 6. The zero-order valence-electron chi connectivity index (χ0n) is 56.2. The van der Waals surface area contributed by atoms with Gasteiger partial charge in [0.25, 0.3) is 0 Å². The molecule has 2 aromatic rings. The maximum atomic E-state index is 15.3. The molecule has 103 heavy (non-hydrogen) atoms. The molecule has 37 nitrogen and oxygen atoms in total. The SMILES string of the molecule is CC(c1ccccc1)C1NC(=O)CNC(=O)C(CO)NC(=O)C(C(O)C2CNC(=N)N2C2OC(CO)C(O)C(O)C2O)NC(=O)C(C(O)C2CNC(=N)N2)NC(=O)C(Cc2ccc(OC3OC(CO)C(OC4OC(CO)C(O)C5OC(CC67CC8CC(CC(C8)C6)C7)OC45)C(O)C3O)cc2)NC1=O. The Bertz CT molecular complexity index is 3330. The quantitative estimate of drug-likeness (QED) is 0.0621. The molecular weight excluding hydrogens is 1360 g/mol. The van der Waals surface area contributed by atoms with Crippen LogP contribution >= 0.6 is 0 Å². The first-order valence-corrected chi connectivity index (χ1v) is 34.9. The number of hydrogen-bond donors (Lipinski definition) is 23. The molecule has 7 heterocycles. The second kappa shape index (κ2) is 31.9. The Labute approximate surface area is 590 Å². The molecule has 4 aliphatic carbocycles. The zero-order chi connectivity index (χ0) is 73.5. The molecule has 7 aliphatic heterocycles. The summed E-state index contributed by atoms with van der Waals surface area (Å²) >= 11 is 0. The number of aliphatic hydroxyl groups is 12. The second-order valence-electron chi connectivity index (χ2n) is 28.9. The molecule has 0 radical (unpaired) electrons. The minimum atomic E-state index is -2.35. The zero-order valence-corrected chi connectivity index (χ0v) is 56.2. The van der Waals surface area contributed by atoms with Gasteiger partial charge >= 0.3 is 0 Å². The van der Waals surface area contributed by atoms with E-state index in [1.807, 2.05) is 0 Å². The van der Waals surface area contributed by atoms with E-state index in [0.29, 0.717) is 29.7 Å². The van der Waals surface area contributed by atoms with E-state index in [0.717, 1.165) is 24.2 Å². The summed E-state index contributed by atoms with van der Waals surface area (Å²) in [5.74, 6) is -7.16. The molecule has 0 aromatic heterocycles. The molecule has 11 fully saturated rings. The van der Waals surface area contributed by atoms with Crippen LogP contribution in [0.15, 0.2) is 54.6 Å². The molecule has 6 amide bonds. The molecular formula is C66H94N12O25. The number of ether oxygens (including phenoxy) is 7. The van der Waals surface area contributed by atoms with Crippen molar-refractivity contribution in [1.82, 2.24) is 52.8 Å². The maximum absolute atomic E-state index is 15.3. The fourth-order valence-corrected chi connectivity index (χ4v) is 16.9. The molecule has 26 atom stereocenters. The average molecular weight is 1460 g/mol. The highest BCUT2D eigenvalue weighted by Crippen LogP contribution is 2.62. The van der Waals surface area contributed by atoms with Gasteiger partial charge in [-0.2, -0.15) is 0 Å². The highest BCUT2D eigenvalue weighted by molar-refractivity contribution is 5.98. The number of guanidine groups is 2. The summed E-state index contributed by atoms with van der Waals surface area (Å²) in [7, 11) is 0. The van der Waals surface area contributed by atoms with Gasteiger partial charge in [-0.1, -0.05) is 49.4 Å². The van der Waals surface area contributed by atoms with Gasteiger partial charge in [0, 0.05) is 31.8 Å². The molecule has 2 aromatic carbocycles. The Kier molecular flexibility index (Phi) is 23.4. The minimum Gasteiger partial charge on any atom is -0.462 e. The van der Waals surface area contributed by atoms with Crippen molar-refractivity contribution in [2.45, 2.75) is 217 Å². The van der Waals surface area contributed by atoms with Crippen LogP contribution in [0.4, 0.5) is 0 Å². The number of carbonyl (C=O) groups excluding carboxylic acids is 6. The predicted octanol–water partition coefficient (Wildman–Crippen LogP) is -9.20. The van der Waals surface area contributed by atoms with Crippen LogP contribution in [-0.2, 0) is 63.6 Å². The van der Waals surface area contributed by atoms with Crippen LogP contribution in [-0.4, -0.2) is 312 Å². The van der Waals surface area contributed by atoms with E-state index >= 15 is 9.59 Å². The molecule has 4 saturated carbocycles. The average Bonchev–Trinajstić information content (AvgIpc) is 1.65. The van der Waals surface area contributed by atoms with Crippen LogP contribution in [0.1, 0.15) is 68.9 Å². The molecule has 37 heteroatoms. The number of aliphatic hydroxyl groups excluding tert-OH is 12. The van der Waals surface area contributed by atoms with Gasteiger partial charge in [0.15, 0.2) is 30.7 Å². The van der Waals surface area contributed by atoms with Crippen molar-refractivity contribution < 1.29 is 123 Å². The van der Waals surface area contributed by atoms with Gasteiger partial charge in [-0.25, -0.2) is 0 Å². The molecule has 11 aliphatic rings. The van der Waals surface area contributed by atoms with Crippen molar-refractivity contribution in [2.75, 3.05) is 46.1 Å². The van der Waals surface area contributed by atoms with Crippen LogP contribution in [0, 0.1) is 34.0 Å². The topological polar surface area (TPSA) is 569 Å². The Morgan fingerprint density at radius 3 is 1.81 bits per heavy atom. The summed E-state index contributed by atoms with van der Waals surface area (Å²) in [5, 5.41) is 173. The molecule has 26 unspecified atom stereocenters. The highest BCUT2D eigenvalue weighted by Gasteiger charge is 2.60. The Morgan fingerprint density at radius 1 is 0.563 bits per heavy atom. The summed E-state index contributed by atoms with van der Waals surface area (Å²) in [6.07, 6.45) is -21.7. The Balaban J connectivity index is 0.795. The lowest BCUT2D eigenvalue weighted by Crippen LogP contribution is -2.69. The maximum Gasteiger partial charge on any atom is 0.246 e. The fraction of sp³-hybridized carbons (Fsp3) is 0.697. The monoisotopic (exact) mass is 1450 g/mol. The Morgan fingerprint density at radius 2 is 1.17 bits per heavy atom. The number of fused-ring (bicyclic) bond motifs is 1. The summed E-state index contributed by atoms with van der Waals surface area (Å²) in [4.78, 5) is 88.6. The molecule has 0 spiro atoms. The van der Waals surface area contributed by atoms with Crippen LogP contribution in [0.5, 0.6) is 5.75 Å². The number of rotatable bonds is 19. The summed E-state index contributed by atoms with van der Waals surface area (Å²) in [6.45, 7) is -3.53. The normalized spacial score (nSPS) is 41.2. The molecule has 4 bridgehead atoms. The number of benzene rings is 2.